The summed E-state index contributed by atoms with van der Waals surface area (Å²) >= 11 is 0. The maximum atomic E-state index is 9.37. The number of hydrogen-bond donors (Lipinski definition) is 1. The molecule has 1 aliphatic rings. The van der Waals surface area contributed by atoms with Gasteiger partial charge in [-0.3, -0.25) is 6.08 Å². The molecule has 2 rings (SSSR count). The van der Waals surface area contributed by atoms with Crippen LogP contribution in [0.25, 0.3) is 12.3 Å². The third kappa shape index (κ3) is 14.9. The van der Waals surface area contributed by atoms with E-state index in [9.17, 15) is 5.11 Å². The molecule has 5 heteroatoms. The minimum atomic E-state index is -0.572. The quantitative estimate of drug-likeness (QED) is 0.558. The number of nitrogens with two attached hydrogens (primary N) is 2. The number of hydrogen-bond acceptors (Lipinski definition) is 1. The summed E-state index contributed by atoms with van der Waals surface area (Å²) in [4.78, 5) is 0. The van der Waals surface area contributed by atoms with Crippen LogP contribution in [0.2, 0.25) is 0 Å². The van der Waals surface area contributed by atoms with E-state index in [4.69, 9.17) is 0 Å². The summed E-state index contributed by atoms with van der Waals surface area (Å²) in [6, 6.07) is 12.5. The van der Waals surface area contributed by atoms with Gasteiger partial charge < -0.3 is 37.8 Å². The fraction of sp³-hybridized carbons (Fsp3) is 0.333. The Hall–Kier alpha value is 0.463. The van der Waals surface area contributed by atoms with Gasteiger partial charge in [-0.05, 0) is 0 Å². The predicted octanol–water partition coefficient (Wildman–Crippen LogP) is 4.85. The van der Waals surface area contributed by atoms with Crippen LogP contribution in [0.15, 0.2) is 36.4 Å². The summed E-state index contributed by atoms with van der Waals surface area (Å²) in [7, 11) is 0. The third-order valence-electron chi connectivity index (χ3n) is 2.30. The zero-order valence-electron chi connectivity index (χ0n) is 12.0. The number of rotatable bonds is 2. The van der Waals surface area contributed by atoms with Gasteiger partial charge in [0.05, 0.1) is 0 Å². The van der Waals surface area contributed by atoms with Crippen LogP contribution >= 0.6 is 0 Å². The first-order chi connectivity index (χ1) is 7.27. The third-order valence-corrected chi connectivity index (χ3v) is 2.30. The fourth-order valence-corrected chi connectivity index (χ4v) is 1.26. The molecule has 119 valence electrons. The molecular formula is C15H24CuN2OY-5. The molecule has 1 saturated carbocycles. The molecule has 1 aromatic rings. The number of allylic oxidation sites excluding steroid dienone is 1. The number of aliphatic hydroxyl groups is 1. The summed E-state index contributed by atoms with van der Waals surface area (Å²) in [6.45, 7) is 3.62. The van der Waals surface area contributed by atoms with E-state index in [1.54, 1.807) is 6.08 Å². The van der Waals surface area contributed by atoms with E-state index in [-0.39, 0.29) is 69.5 Å². The van der Waals surface area contributed by atoms with E-state index in [0.29, 0.717) is 0 Å². The van der Waals surface area contributed by atoms with E-state index in [2.05, 4.69) is 19.1 Å². The van der Waals surface area contributed by atoms with Crippen molar-refractivity contribution in [3.63, 3.8) is 0 Å². The molecule has 0 heterocycles. The van der Waals surface area contributed by atoms with E-state index in [1.165, 1.54) is 0 Å². The van der Waals surface area contributed by atoms with E-state index in [0.717, 1.165) is 25.7 Å². The van der Waals surface area contributed by atoms with Gasteiger partial charge in [-0.15, -0.1) is 0 Å². The van der Waals surface area contributed by atoms with Gasteiger partial charge in [0.2, 0.25) is 0 Å². The van der Waals surface area contributed by atoms with Gasteiger partial charge in [-0.1, -0.05) is 24.9 Å². The van der Waals surface area contributed by atoms with Crippen molar-refractivity contribution in [3.8, 4) is 0 Å². The molecule has 0 spiro atoms. The molecular weight excluding hydrogens is 377 g/mol. The molecule has 0 aliphatic heterocycles. The van der Waals surface area contributed by atoms with E-state index < -0.39 is 5.60 Å². The molecule has 0 aromatic heterocycles. The molecule has 3 nitrogen and oxygen atoms in total. The van der Waals surface area contributed by atoms with Crippen molar-refractivity contribution in [1.82, 2.24) is 0 Å². The summed E-state index contributed by atoms with van der Waals surface area (Å²) in [5.74, 6) is 0. The van der Waals surface area contributed by atoms with Crippen LogP contribution < -0.4 is 0 Å². The Morgan fingerprint density at radius 2 is 1.70 bits per heavy atom. The maximum Gasteiger partial charge on any atom is 1.00 e. The van der Waals surface area contributed by atoms with Crippen molar-refractivity contribution >= 4 is 0 Å². The van der Waals surface area contributed by atoms with Crippen molar-refractivity contribution in [2.45, 2.75) is 31.3 Å². The largest absolute Gasteiger partial charge is 1.00 e. The van der Waals surface area contributed by atoms with Gasteiger partial charge >= 0.3 is 17.1 Å². The standard InChI is InChI=1S/C8H12O.C6H5.CH3.Cu.2H2N.Y/c1-2-3-5-8(9)6-4-7-8;1-2-4-6-5-3-1;;;;;/h3,9H,1-2,4,6-7H2;1-5H;1H3;;2*1H2;/q-2;2*-1;+1;2*-1;. The Morgan fingerprint density at radius 1 is 1.20 bits per heavy atom. The Bertz CT molecular complexity index is 266. The Balaban J connectivity index is -0.0000000623. The first kappa shape index (κ1) is 32.4. The van der Waals surface area contributed by atoms with Crippen LogP contribution in [0.1, 0.15) is 25.7 Å². The monoisotopic (exact) mass is 400 g/mol. The second-order valence-corrected chi connectivity index (χ2v) is 3.60. The average molecular weight is 401 g/mol. The van der Waals surface area contributed by atoms with Crippen molar-refractivity contribution < 1.29 is 54.9 Å². The van der Waals surface area contributed by atoms with Gasteiger partial charge in [0.1, 0.15) is 0 Å². The van der Waals surface area contributed by atoms with Gasteiger partial charge in [0, 0.05) is 32.7 Å². The molecule has 5 N–H and O–H groups in total. The van der Waals surface area contributed by atoms with Crippen LogP contribution in [0.4, 0.5) is 0 Å². The topological polar surface area (TPSA) is 87.2 Å². The van der Waals surface area contributed by atoms with Crippen LogP contribution in [-0.2, 0) is 49.8 Å². The molecule has 20 heavy (non-hydrogen) atoms. The van der Waals surface area contributed by atoms with Crippen LogP contribution in [0, 0.1) is 26.5 Å². The van der Waals surface area contributed by atoms with E-state index in [1.807, 2.05) is 30.3 Å². The number of benzene rings is 1. The van der Waals surface area contributed by atoms with E-state index >= 15 is 0 Å². The van der Waals surface area contributed by atoms with Gasteiger partial charge in [0.15, 0.2) is 0 Å². The first-order valence-corrected chi connectivity index (χ1v) is 5.29. The van der Waals surface area contributed by atoms with Gasteiger partial charge in [0.25, 0.3) is 0 Å². The molecule has 1 fully saturated rings. The minimum absolute atomic E-state index is 0. The SMILES string of the molecule is [CH2-]CC=[C-]C1(O)CCC1.[CH3-].[Cu+].[NH2-].[NH2-].[Y].[c-]1ccccc1. The van der Waals surface area contributed by atoms with Gasteiger partial charge in [-0.25, -0.2) is 0 Å². The molecule has 1 aliphatic carbocycles. The Kier molecular flexibility index (Phi) is 31.5. The molecule has 1 aromatic carbocycles. The first-order valence-electron chi connectivity index (χ1n) is 5.29. The Morgan fingerprint density at radius 3 is 1.90 bits per heavy atom. The summed E-state index contributed by atoms with van der Waals surface area (Å²) in [6.07, 6.45) is 8.33. The normalized spacial score (nSPS) is 13.3. The van der Waals surface area contributed by atoms with Crippen molar-refractivity contribution in [2.75, 3.05) is 0 Å². The van der Waals surface area contributed by atoms with Gasteiger partial charge in [-0.2, -0.15) is 42.8 Å². The van der Waals surface area contributed by atoms with Crippen LogP contribution in [0.3, 0.4) is 0 Å². The van der Waals surface area contributed by atoms with Crippen LogP contribution in [0.5, 0.6) is 0 Å². The minimum Gasteiger partial charge on any atom is -0.693 e. The maximum absolute atomic E-state index is 9.37. The molecule has 0 saturated heterocycles. The molecule has 1 radical (unpaired) electrons. The van der Waals surface area contributed by atoms with Crippen molar-refractivity contribution in [2.24, 2.45) is 0 Å². The molecule has 0 bridgehead atoms. The smallest absolute Gasteiger partial charge is 0.693 e. The molecule has 0 atom stereocenters. The van der Waals surface area contributed by atoms with Crippen molar-refractivity contribution in [1.29, 1.82) is 0 Å². The zero-order valence-corrected chi connectivity index (χ0v) is 15.8. The summed E-state index contributed by atoms with van der Waals surface area (Å²) in [5.41, 5.74) is -0.572. The summed E-state index contributed by atoms with van der Waals surface area (Å²) in [5, 5.41) is 9.37. The van der Waals surface area contributed by atoms with Crippen molar-refractivity contribution in [3.05, 3.63) is 75.2 Å². The molecule has 0 unspecified atom stereocenters. The average Bonchev–Trinajstić information content (AvgIpc) is 2.27. The fourth-order valence-electron chi connectivity index (χ4n) is 1.26. The predicted molar refractivity (Wildman–Crippen MR) is 78.8 cm³/mol. The summed E-state index contributed by atoms with van der Waals surface area (Å²) < 4.78 is 0. The second kappa shape index (κ2) is 19.5. The second-order valence-electron chi connectivity index (χ2n) is 3.60. The molecule has 0 amide bonds. The Labute approximate surface area is 160 Å². The van der Waals surface area contributed by atoms with Crippen LogP contribution in [-0.4, -0.2) is 10.7 Å². The zero-order chi connectivity index (χ0) is 11.0.